The monoisotopic (exact) mass is 425 g/mol. The van der Waals surface area contributed by atoms with Gasteiger partial charge in [-0.1, -0.05) is 5.16 Å². The van der Waals surface area contributed by atoms with Crippen molar-refractivity contribution in [1.82, 2.24) is 25.4 Å². The van der Waals surface area contributed by atoms with E-state index >= 15 is 0 Å². The van der Waals surface area contributed by atoms with E-state index in [-0.39, 0.29) is 30.8 Å². The molecule has 0 spiro atoms. The second kappa shape index (κ2) is 8.78. The highest BCUT2D eigenvalue weighted by Crippen LogP contribution is 2.21. The van der Waals surface area contributed by atoms with Crippen molar-refractivity contribution in [3.63, 3.8) is 0 Å². The van der Waals surface area contributed by atoms with Gasteiger partial charge < -0.3 is 14.6 Å². The van der Waals surface area contributed by atoms with Crippen LogP contribution in [0.25, 0.3) is 11.4 Å². The summed E-state index contributed by atoms with van der Waals surface area (Å²) in [6.45, 7) is 2.03. The first kappa shape index (κ1) is 19.6. The molecule has 4 rings (SSSR count). The van der Waals surface area contributed by atoms with Crippen LogP contribution < -0.4 is 10.1 Å². The van der Waals surface area contributed by atoms with Crippen LogP contribution in [-0.2, 0) is 13.2 Å². The number of carbonyl (C=O) groups is 1. The zero-order chi connectivity index (χ0) is 20.9. The number of nitrogens with zero attached hydrogens (tertiary/aromatic N) is 4. The molecule has 152 valence electrons. The average molecular weight is 425 g/mol. The predicted octanol–water partition coefficient (Wildman–Crippen LogP) is 3.54. The number of benzene rings is 1. The van der Waals surface area contributed by atoms with E-state index < -0.39 is 0 Å². The predicted molar refractivity (Wildman–Crippen MR) is 106 cm³/mol. The van der Waals surface area contributed by atoms with E-state index in [1.807, 2.05) is 0 Å². The van der Waals surface area contributed by atoms with Crippen molar-refractivity contribution in [2.24, 2.45) is 0 Å². The van der Waals surface area contributed by atoms with E-state index in [0.29, 0.717) is 27.2 Å². The standard InChI is InChI=1S/C20H16FN5O3S/c1-12-18(30-17(24-12)11-28-15-4-2-14(21)3-5-15)20(27)23-10-16-25-19(26-29-16)13-6-8-22-9-7-13/h2-9H,10-11H2,1H3,(H,23,27). The molecule has 0 aliphatic rings. The maximum absolute atomic E-state index is 13.0. The van der Waals surface area contributed by atoms with E-state index in [9.17, 15) is 9.18 Å². The molecule has 3 aromatic heterocycles. The van der Waals surface area contributed by atoms with Gasteiger partial charge in [0.25, 0.3) is 5.91 Å². The van der Waals surface area contributed by atoms with Crippen LogP contribution in [0.15, 0.2) is 53.3 Å². The van der Waals surface area contributed by atoms with Crippen molar-refractivity contribution < 1.29 is 18.4 Å². The van der Waals surface area contributed by atoms with Crippen molar-refractivity contribution in [3.05, 3.63) is 76.1 Å². The number of amides is 1. The van der Waals surface area contributed by atoms with Gasteiger partial charge in [-0.25, -0.2) is 9.37 Å². The molecule has 1 aromatic carbocycles. The van der Waals surface area contributed by atoms with Crippen molar-refractivity contribution in [2.75, 3.05) is 0 Å². The molecule has 0 fully saturated rings. The summed E-state index contributed by atoms with van der Waals surface area (Å²) in [5, 5.41) is 7.30. The molecule has 0 atom stereocenters. The van der Waals surface area contributed by atoms with Crippen LogP contribution in [0.3, 0.4) is 0 Å². The lowest BCUT2D eigenvalue weighted by atomic mass is 10.2. The highest BCUT2D eigenvalue weighted by atomic mass is 32.1. The van der Waals surface area contributed by atoms with Gasteiger partial charge in [-0.3, -0.25) is 9.78 Å². The fourth-order valence-electron chi connectivity index (χ4n) is 2.58. The Bertz CT molecular complexity index is 1140. The Balaban J connectivity index is 1.35. The van der Waals surface area contributed by atoms with E-state index in [2.05, 4.69) is 25.4 Å². The van der Waals surface area contributed by atoms with Gasteiger partial charge in [0.2, 0.25) is 11.7 Å². The highest BCUT2D eigenvalue weighted by molar-refractivity contribution is 7.13. The molecule has 0 unspecified atom stereocenters. The molecule has 0 bridgehead atoms. The number of halogens is 1. The average Bonchev–Trinajstić information content (AvgIpc) is 3.39. The van der Waals surface area contributed by atoms with Gasteiger partial charge in [0, 0.05) is 18.0 Å². The van der Waals surface area contributed by atoms with Crippen molar-refractivity contribution >= 4 is 17.2 Å². The topological polar surface area (TPSA) is 103 Å². The fraction of sp³-hybridized carbons (Fsp3) is 0.150. The third kappa shape index (κ3) is 4.66. The summed E-state index contributed by atoms with van der Waals surface area (Å²) in [5.41, 5.74) is 1.37. The zero-order valence-electron chi connectivity index (χ0n) is 15.8. The number of aryl methyl sites for hydroxylation is 1. The second-order valence-electron chi connectivity index (χ2n) is 6.20. The molecule has 0 aliphatic heterocycles. The Hall–Kier alpha value is -3.66. The number of nitrogens with one attached hydrogen (secondary N) is 1. The zero-order valence-corrected chi connectivity index (χ0v) is 16.6. The number of hydrogen-bond acceptors (Lipinski definition) is 8. The van der Waals surface area contributed by atoms with Crippen LogP contribution in [0.2, 0.25) is 0 Å². The molecule has 0 radical (unpaired) electrons. The summed E-state index contributed by atoms with van der Waals surface area (Å²) in [4.78, 5) is 25.6. The van der Waals surface area contributed by atoms with E-state index in [0.717, 1.165) is 5.56 Å². The Morgan fingerprint density at radius 1 is 1.17 bits per heavy atom. The first-order valence-corrected chi connectivity index (χ1v) is 9.76. The van der Waals surface area contributed by atoms with E-state index in [1.165, 1.54) is 35.6 Å². The molecular weight excluding hydrogens is 409 g/mol. The molecule has 1 amide bonds. The summed E-state index contributed by atoms with van der Waals surface area (Å²) >= 11 is 1.23. The molecule has 1 N–H and O–H groups in total. The molecule has 0 aliphatic carbocycles. The van der Waals surface area contributed by atoms with Crippen LogP contribution in [0.4, 0.5) is 4.39 Å². The Morgan fingerprint density at radius 2 is 1.93 bits per heavy atom. The van der Waals surface area contributed by atoms with Crippen LogP contribution in [-0.4, -0.2) is 26.0 Å². The summed E-state index contributed by atoms with van der Waals surface area (Å²) in [6.07, 6.45) is 3.27. The molecule has 10 heteroatoms. The lowest BCUT2D eigenvalue weighted by Gasteiger charge is -2.03. The minimum Gasteiger partial charge on any atom is -0.486 e. The Kier molecular flexibility index (Phi) is 5.75. The van der Waals surface area contributed by atoms with Gasteiger partial charge >= 0.3 is 0 Å². The van der Waals surface area contributed by atoms with Gasteiger partial charge in [-0.15, -0.1) is 11.3 Å². The summed E-state index contributed by atoms with van der Waals surface area (Å²) < 4.78 is 23.7. The van der Waals surface area contributed by atoms with Gasteiger partial charge in [0.1, 0.15) is 28.1 Å². The quantitative estimate of drug-likeness (QED) is 0.483. The minimum absolute atomic E-state index is 0.0929. The van der Waals surface area contributed by atoms with E-state index in [4.69, 9.17) is 9.26 Å². The minimum atomic E-state index is -0.333. The number of thiazole rings is 1. The highest BCUT2D eigenvalue weighted by Gasteiger charge is 2.17. The Labute approximate surface area is 174 Å². The molecule has 8 nitrogen and oxygen atoms in total. The van der Waals surface area contributed by atoms with Crippen LogP contribution in [0.5, 0.6) is 5.75 Å². The molecular formula is C20H16FN5O3S. The number of pyridine rings is 1. The largest absolute Gasteiger partial charge is 0.486 e. The maximum atomic E-state index is 13.0. The molecule has 4 aromatic rings. The molecule has 30 heavy (non-hydrogen) atoms. The van der Waals surface area contributed by atoms with E-state index in [1.54, 1.807) is 31.5 Å². The molecule has 0 saturated heterocycles. The van der Waals surface area contributed by atoms with Gasteiger partial charge in [-0.05, 0) is 43.3 Å². The molecule has 3 heterocycles. The summed E-state index contributed by atoms with van der Waals surface area (Å²) in [5.74, 6) is 0.618. The number of ether oxygens (including phenoxy) is 1. The summed E-state index contributed by atoms with van der Waals surface area (Å²) in [7, 11) is 0. The maximum Gasteiger partial charge on any atom is 0.263 e. The summed E-state index contributed by atoms with van der Waals surface area (Å²) in [6, 6.07) is 9.24. The number of carbonyl (C=O) groups excluding carboxylic acids is 1. The normalized spacial score (nSPS) is 10.7. The third-order valence-electron chi connectivity index (χ3n) is 4.03. The third-order valence-corrected chi connectivity index (χ3v) is 5.16. The second-order valence-corrected chi connectivity index (χ2v) is 7.28. The smallest absolute Gasteiger partial charge is 0.263 e. The van der Waals surface area contributed by atoms with Gasteiger partial charge in [-0.2, -0.15) is 4.98 Å². The number of hydrogen-bond donors (Lipinski definition) is 1. The molecule has 0 saturated carbocycles. The lowest BCUT2D eigenvalue weighted by molar-refractivity contribution is 0.0949. The van der Waals surface area contributed by atoms with Crippen LogP contribution >= 0.6 is 11.3 Å². The fourth-order valence-corrected chi connectivity index (χ4v) is 3.48. The first-order chi connectivity index (χ1) is 14.6. The number of rotatable bonds is 7. The van der Waals surface area contributed by atoms with Crippen molar-refractivity contribution in [1.29, 1.82) is 0 Å². The van der Waals surface area contributed by atoms with Crippen molar-refractivity contribution in [2.45, 2.75) is 20.1 Å². The lowest BCUT2D eigenvalue weighted by Crippen LogP contribution is -2.22. The van der Waals surface area contributed by atoms with Crippen LogP contribution in [0, 0.1) is 12.7 Å². The van der Waals surface area contributed by atoms with Crippen LogP contribution in [0.1, 0.15) is 26.3 Å². The Morgan fingerprint density at radius 3 is 2.70 bits per heavy atom. The first-order valence-electron chi connectivity index (χ1n) is 8.94. The SMILES string of the molecule is Cc1nc(COc2ccc(F)cc2)sc1C(=O)NCc1nc(-c2ccncc2)no1. The van der Waals surface area contributed by atoms with Crippen molar-refractivity contribution in [3.8, 4) is 17.1 Å². The van der Waals surface area contributed by atoms with Gasteiger partial charge in [0.05, 0.1) is 12.2 Å². The number of aromatic nitrogens is 4. The van der Waals surface area contributed by atoms with Gasteiger partial charge in [0.15, 0.2) is 0 Å².